The average molecular weight is 254 g/mol. The number of aromatic amines is 1. The fourth-order valence-corrected chi connectivity index (χ4v) is 1.93. The van der Waals surface area contributed by atoms with Gasteiger partial charge in [0, 0.05) is 29.5 Å². The van der Waals surface area contributed by atoms with E-state index in [1.54, 1.807) is 24.3 Å². The first-order valence-corrected chi connectivity index (χ1v) is 6.02. The summed E-state index contributed by atoms with van der Waals surface area (Å²) in [6.07, 6.45) is 3.77. The van der Waals surface area contributed by atoms with E-state index in [0.717, 1.165) is 11.3 Å². The molecule has 2 rings (SSSR count). The molecule has 0 saturated heterocycles. The second-order valence-electron chi connectivity index (χ2n) is 3.48. The number of nitrogens with one attached hydrogen (secondary N) is 2. The lowest BCUT2D eigenvalue weighted by Crippen LogP contribution is -1.97. The fraction of sp³-hybridized carbons (Fsp3) is 0.167. The van der Waals surface area contributed by atoms with Crippen molar-refractivity contribution < 1.29 is 8.78 Å². The Kier molecular flexibility index (Phi) is 4.03. The highest BCUT2D eigenvalue weighted by Gasteiger charge is 2.04. The highest BCUT2D eigenvalue weighted by atomic mass is 32.2. The Morgan fingerprint density at radius 3 is 2.53 bits per heavy atom. The van der Waals surface area contributed by atoms with E-state index >= 15 is 0 Å². The van der Waals surface area contributed by atoms with Crippen LogP contribution in [0, 0.1) is 0 Å². The maximum absolute atomic E-state index is 12.1. The minimum atomic E-state index is -2.37. The molecule has 0 atom stereocenters. The average Bonchev–Trinajstić information content (AvgIpc) is 2.80. The van der Waals surface area contributed by atoms with Crippen molar-refractivity contribution >= 4 is 17.4 Å². The van der Waals surface area contributed by atoms with E-state index < -0.39 is 5.76 Å². The maximum atomic E-state index is 12.1. The molecule has 0 amide bonds. The van der Waals surface area contributed by atoms with Crippen LogP contribution in [-0.4, -0.2) is 10.7 Å². The molecule has 5 heteroatoms. The summed E-state index contributed by atoms with van der Waals surface area (Å²) < 4.78 is 24.2. The summed E-state index contributed by atoms with van der Waals surface area (Å²) in [6, 6.07) is 8.97. The summed E-state index contributed by atoms with van der Waals surface area (Å²) in [5.41, 5.74) is 2.07. The molecule has 1 aromatic carbocycles. The third-order valence-corrected chi connectivity index (χ3v) is 2.96. The number of aromatic nitrogens is 1. The third-order valence-electron chi connectivity index (χ3n) is 2.24. The zero-order valence-electron chi connectivity index (χ0n) is 8.99. The summed E-state index contributed by atoms with van der Waals surface area (Å²) in [5.74, 6) is -2.37. The topological polar surface area (TPSA) is 27.8 Å². The van der Waals surface area contributed by atoms with Crippen LogP contribution in [0.25, 0.3) is 0 Å². The van der Waals surface area contributed by atoms with E-state index in [4.69, 9.17) is 0 Å². The van der Waals surface area contributed by atoms with Crippen molar-refractivity contribution in [2.24, 2.45) is 0 Å². The molecule has 0 unspecified atom stereocenters. The molecule has 0 aliphatic carbocycles. The number of halogens is 2. The van der Waals surface area contributed by atoms with Crippen LogP contribution in [0.2, 0.25) is 0 Å². The van der Waals surface area contributed by atoms with Crippen molar-refractivity contribution in [2.45, 2.75) is 17.2 Å². The number of alkyl halides is 2. The van der Waals surface area contributed by atoms with Gasteiger partial charge in [-0.1, -0.05) is 11.8 Å². The van der Waals surface area contributed by atoms with Crippen LogP contribution >= 0.6 is 11.8 Å². The molecular weight excluding hydrogens is 242 g/mol. The minimum Gasteiger partial charge on any atom is -0.381 e. The third kappa shape index (κ3) is 3.78. The fourth-order valence-electron chi connectivity index (χ4n) is 1.43. The monoisotopic (exact) mass is 254 g/mol. The number of anilines is 1. The summed E-state index contributed by atoms with van der Waals surface area (Å²) in [4.78, 5) is 3.55. The lowest BCUT2D eigenvalue weighted by atomic mass is 10.3. The van der Waals surface area contributed by atoms with E-state index in [1.165, 1.54) is 0 Å². The zero-order valence-corrected chi connectivity index (χ0v) is 9.81. The molecule has 1 heterocycles. The van der Waals surface area contributed by atoms with Gasteiger partial charge in [-0.15, -0.1) is 0 Å². The van der Waals surface area contributed by atoms with Gasteiger partial charge < -0.3 is 10.3 Å². The van der Waals surface area contributed by atoms with Crippen LogP contribution in [0.1, 0.15) is 5.56 Å². The molecule has 0 aliphatic rings. The largest absolute Gasteiger partial charge is 0.381 e. The molecule has 0 fully saturated rings. The van der Waals surface area contributed by atoms with Crippen LogP contribution in [0.5, 0.6) is 0 Å². The molecule has 0 radical (unpaired) electrons. The van der Waals surface area contributed by atoms with Crippen molar-refractivity contribution in [3.8, 4) is 0 Å². The van der Waals surface area contributed by atoms with Gasteiger partial charge in [-0.05, 0) is 35.9 Å². The SMILES string of the molecule is FC(F)Sc1ccc(NCc2cc[nH]c2)cc1. The van der Waals surface area contributed by atoms with Gasteiger partial charge in [0.05, 0.1) is 0 Å². The van der Waals surface area contributed by atoms with Crippen molar-refractivity contribution in [3.63, 3.8) is 0 Å². The number of H-pyrrole nitrogens is 1. The number of thioether (sulfide) groups is 1. The Balaban J connectivity index is 1.89. The summed E-state index contributed by atoms with van der Waals surface area (Å²) in [6.45, 7) is 0.713. The summed E-state index contributed by atoms with van der Waals surface area (Å²) in [5, 5.41) is 3.21. The standard InChI is InChI=1S/C12H12F2N2S/c13-12(14)17-11-3-1-10(2-4-11)16-8-9-5-6-15-7-9/h1-7,12,15-16H,8H2. The second-order valence-corrected chi connectivity index (χ2v) is 4.54. The van der Waals surface area contributed by atoms with E-state index in [1.807, 2.05) is 18.5 Å². The number of benzene rings is 1. The molecular formula is C12H12F2N2S. The lowest BCUT2D eigenvalue weighted by Gasteiger charge is -2.06. The molecule has 0 spiro atoms. The van der Waals surface area contributed by atoms with Gasteiger partial charge in [-0.25, -0.2) is 0 Å². The Hall–Kier alpha value is -1.49. The van der Waals surface area contributed by atoms with Gasteiger partial charge in [0.1, 0.15) is 0 Å². The first-order chi connectivity index (χ1) is 8.24. The predicted octanol–water partition coefficient (Wildman–Crippen LogP) is 3.94. The Morgan fingerprint density at radius 1 is 1.18 bits per heavy atom. The molecule has 2 nitrogen and oxygen atoms in total. The Bertz CT molecular complexity index is 440. The molecule has 0 saturated carbocycles. The molecule has 2 N–H and O–H groups in total. The van der Waals surface area contributed by atoms with Crippen LogP contribution in [0.3, 0.4) is 0 Å². The van der Waals surface area contributed by atoms with Gasteiger partial charge in [0.15, 0.2) is 0 Å². The zero-order chi connectivity index (χ0) is 12.1. The van der Waals surface area contributed by atoms with E-state index in [0.29, 0.717) is 23.2 Å². The van der Waals surface area contributed by atoms with Gasteiger partial charge in [0.2, 0.25) is 0 Å². The van der Waals surface area contributed by atoms with Crippen LogP contribution in [0.15, 0.2) is 47.6 Å². The quantitative estimate of drug-likeness (QED) is 0.791. The van der Waals surface area contributed by atoms with Crippen LogP contribution in [0.4, 0.5) is 14.5 Å². The summed E-state index contributed by atoms with van der Waals surface area (Å²) in [7, 11) is 0. The van der Waals surface area contributed by atoms with Gasteiger partial charge >= 0.3 is 0 Å². The van der Waals surface area contributed by atoms with Crippen molar-refractivity contribution in [2.75, 3.05) is 5.32 Å². The van der Waals surface area contributed by atoms with Gasteiger partial charge in [-0.2, -0.15) is 8.78 Å². The van der Waals surface area contributed by atoms with Crippen molar-refractivity contribution in [1.82, 2.24) is 4.98 Å². The highest BCUT2D eigenvalue weighted by Crippen LogP contribution is 2.26. The van der Waals surface area contributed by atoms with E-state index in [2.05, 4.69) is 10.3 Å². The van der Waals surface area contributed by atoms with Crippen molar-refractivity contribution in [1.29, 1.82) is 0 Å². The summed E-state index contributed by atoms with van der Waals surface area (Å²) >= 11 is 0.557. The molecule has 2 aromatic rings. The molecule has 90 valence electrons. The van der Waals surface area contributed by atoms with Crippen LogP contribution in [-0.2, 0) is 6.54 Å². The maximum Gasteiger partial charge on any atom is 0.288 e. The Morgan fingerprint density at radius 2 is 1.94 bits per heavy atom. The molecule has 1 aromatic heterocycles. The van der Waals surface area contributed by atoms with Gasteiger partial charge in [-0.3, -0.25) is 0 Å². The highest BCUT2D eigenvalue weighted by molar-refractivity contribution is 7.99. The first-order valence-electron chi connectivity index (χ1n) is 5.14. The smallest absolute Gasteiger partial charge is 0.288 e. The van der Waals surface area contributed by atoms with E-state index in [-0.39, 0.29) is 0 Å². The number of hydrogen-bond donors (Lipinski definition) is 2. The second kappa shape index (κ2) is 5.72. The number of rotatable bonds is 5. The number of hydrogen-bond acceptors (Lipinski definition) is 2. The molecule has 0 bridgehead atoms. The first kappa shape index (κ1) is 12.0. The van der Waals surface area contributed by atoms with Crippen LogP contribution < -0.4 is 5.32 Å². The Labute approximate surface area is 102 Å². The van der Waals surface area contributed by atoms with E-state index in [9.17, 15) is 8.78 Å². The predicted molar refractivity (Wildman–Crippen MR) is 66.4 cm³/mol. The minimum absolute atomic E-state index is 0.557. The van der Waals surface area contributed by atoms with Gasteiger partial charge in [0.25, 0.3) is 5.76 Å². The molecule has 17 heavy (non-hydrogen) atoms. The lowest BCUT2D eigenvalue weighted by molar-refractivity contribution is 0.252. The normalized spacial score (nSPS) is 10.8. The molecule has 0 aliphatic heterocycles. The van der Waals surface area contributed by atoms with Crippen molar-refractivity contribution in [3.05, 3.63) is 48.3 Å².